The van der Waals surface area contributed by atoms with Gasteiger partial charge in [0.25, 0.3) is 5.91 Å². The number of carbonyl (C=O) groups excluding carboxylic acids is 2. The van der Waals surface area contributed by atoms with Gasteiger partial charge in [-0.1, -0.05) is 41.9 Å². The molecule has 1 N–H and O–H groups in total. The number of benzene rings is 1. The van der Waals surface area contributed by atoms with Gasteiger partial charge in [-0.05, 0) is 48.6 Å². The Bertz CT molecular complexity index is 1260. The Labute approximate surface area is 251 Å². The molecule has 2 heterocycles. The second kappa shape index (κ2) is 12.6. The van der Waals surface area contributed by atoms with Crippen LogP contribution in [-0.4, -0.2) is 17.4 Å². The zero-order chi connectivity index (χ0) is 23.4. The van der Waals surface area contributed by atoms with Crippen LogP contribution in [0.2, 0.25) is 10.0 Å². The van der Waals surface area contributed by atoms with Gasteiger partial charge >= 0.3 is 51.4 Å². The van der Waals surface area contributed by atoms with Crippen molar-refractivity contribution in [3.8, 4) is 22.3 Å². The minimum atomic E-state index is -0.733. The van der Waals surface area contributed by atoms with Gasteiger partial charge in [0, 0.05) is 10.4 Å². The van der Waals surface area contributed by atoms with E-state index in [-0.39, 0.29) is 67.8 Å². The van der Waals surface area contributed by atoms with Gasteiger partial charge < -0.3 is 5.11 Å². The second-order valence-electron chi connectivity index (χ2n) is 6.69. The molecule has 0 spiro atoms. The van der Waals surface area contributed by atoms with Crippen molar-refractivity contribution in [3.63, 3.8) is 0 Å². The van der Waals surface area contributed by atoms with E-state index in [4.69, 9.17) is 28.5 Å². The van der Waals surface area contributed by atoms with Crippen molar-refractivity contribution in [3.05, 3.63) is 61.1 Å². The third-order valence-corrected chi connectivity index (χ3v) is 7.44. The van der Waals surface area contributed by atoms with Crippen LogP contribution >= 0.6 is 45.9 Å². The molecule has 3 rings (SSSR count). The Kier molecular flexibility index (Phi) is 10.7. The molecule has 0 fully saturated rings. The normalized spacial score (nSPS) is 11.9. The summed E-state index contributed by atoms with van der Waals surface area (Å²) < 4.78 is 0. The van der Waals surface area contributed by atoms with Gasteiger partial charge in [0.2, 0.25) is 0 Å². The molecule has 6 nitrogen and oxygen atoms in total. The van der Waals surface area contributed by atoms with Crippen LogP contribution in [0, 0.1) is 17.2 Å². The molecule has 0 radical (unpaired) electrons. The van der Waals surface area contributed by atoms with Crippen molar-refractivity contribution in [2.75, 3.05) is 0 Å². The van der Waals surface area contributed by atoms with E-state index in [2.05, 4.69) is 10.5 Å². The largest absolute Gasteiger partial charge is 1.00 e. The third kappa shape index (κ3) is 6.54. The Morgan fingerprint density at radius 1 is 1.21 bits per heavy atom. The molecule has 0 saturated carbocycles. The Morgan fingerprint density at radius 2 is 1.91 bits per heavy atom. The molecule has 1 atom stereocenters. The van der Waals surface area contributed by atoms with Gasteiger partial charge in [0.05, 0.1) is 31.6 Å². The first-order chi connectivity index (χ1) is 15.3. The number of nitrogens with zero attached hydrogens (tertiary/aromatic N) is 2. The first-order valence-electron chi connectivity index (χ1n) is 9.39. The van der Waals surface area contributed by atoms with E-state index in [0.717, 1.165) is 11.3 Å². The standard InChI is InChI=1S/C22H17Cl2N3O3S2.K/c1-3-12(9-25)19(28)17-6-7-18(32-17)22(30)27-26-11(2)14-10-31-21(20(14)29)13-4-5-15(23)16(24)8-13;/h4-8,10,12,29H,3H2,1-2H3,(H,27,30);/q;+1/p-1/b26-11+;. The SMILES string of the molecule is CCC(C#N)C(=O)c1ccc(C(=O)N/N=C(\C)c2csc(-c3ccc(Cl)c(Cl)c3)c2[O-])s1.[K+]. The maximum absolute atomic E-state index is 12.8. The van der Waals surface area contributed by atoms with Crippen molar-refractivity contribution in [1.82, 2.24) is 5.43 Å². The van der Waals surface area contributed by atoms with Gasteiger partial charge in [-0.3, -0.25) is 9.59 Å². The van der Waals surface area contributed by atoms with Gasteiger partial charge in [-0.2, -0.15) is 10.4 Å². The number of nitrogens with one attached hydrogen (secondary N) is 1. The van der Waals surface area contributed by atoms with Gasteiger partial charge in [-0.15, -0.1) is 22.7 Å². The fraction of sp³-hybridized carbons (Fsp3) is 0.182. The molecule has 0 aliphatic carbocycles. The van der Waals surface area contributed by atoms with Crippen molar-refractivity contribution >= 4 is 63.3 Å². The van der Waals surface area contributed by atoms with Crippen LogP contribution in [0.25, 0.3) is 10.4 Å². The number of carbonyl (C=O) groups is 2. The molecule has 1 amide bonds. The Hall–Kier alpha value is -1.06. The molecule has 164 valence electrons. The van der Waals surface area contributed by atoms with E-state index in [0.29, 0.717) is 43.1 Å². The van der Waals surface area contributed by atoms with Gasteiger partial charge in [0.1, 0.15) is 5.92 Å². The van der Waals surface area contributed by atoms with Crippen LogP contribution in [0.4, 0.5) is 0 Å². The molecular formula is C22H16Cl2KN3O3S2. The number of Topliss-reactive ketones (excluding diaryl/α,β-unsaturated/α-hetero) is 1. The predicted octanol–water partition coefficient (Wildman–Crippen LogP) is 2.75. The van der Waals surface area contributed by atoms with Crippen molar-refractivity contribution < 1.29 is 66.1 Å². The topological polar surface area (TPSA) is 105 Å². The van der Waals surface area contributed by atoms with Crippen molar-refractivity contribution in [2.24, 2.45) is 11.0 Å². The number of thiophene rings is 2. The minimum Gasteiger partial charge on any atom is -0.871 e. The summed E-state index contributed by atoms with van der Waals surface area (Å²) in [5.74, 6) is -1.77. The molecule has 2 aromatic heterocycles. The summed E-state index contributed by atoms with van der Waals surface area (Å²) in [7, 11) is 0. The summed E-state index contributed by atoms with van der Waals surface area (Å²) in [5.41, 5.74) is 3.76. The van der Waals surface area contributed by atoms with Crippen molar-refractivity contribution in [2.45, 2.75) is 20.3 Å². The number of amides is 1. The molecule has 0 aliphatic heterocycles. The number of hydrazone groups is 1. The van der Waals surface area contributed by atoms with Crippen LogP contribution < -0.4 is 61.9 Å². The quantitative estimate of drug-likeness (QED) is 0.214. The smallest absolute Gasteiger partial charge is 0.871 e. The molecule has 0 saturated heterocycles. The third-order valence-electron chi connectivity index (χ3n) is 4.60. The average Bonchev–Trinajstić information content (AvgIpc) is 3.42. The zero-order valence-electron chi connectivity index (χ0n) is 17.9. The molecule has 0 aliphatic rings. The molecule has 0 bridgehead atoms. The fourth-order valence-corrected chi connectivity index (χ4v) is 4.96. The van der Waals surface area contributed by atoms with E-state index < -0.39 is 11.8 Å². The first-order valence-corrected chi connectivity index (χ1v) is 11.8. The van der Waals surface area contributed by atoms with Crippen LogP contribution in [0.15, 0.2) is 40.8 Å². The molecule has 1 aromatic carbocycles. The summed E-state index contributed by atoms with van der Waals surface area (Å²) in [4.78, 5) is 25.8. The molecule has 1 unspecified atom stereocenters. The number of ketones is 1. The van der Waals surface area contributed by atoms with Crippen LogP contribution in [0.3, 0.4) is 0 Å². The first kappa shape index (κ1) is 28.2. The van der Waals surface area contributed by atoms with Crippen molar-refractivity contribution in [1.29, 1.82) is 5.26 Å². The molecular weight excluding hydrogens is 528 g/mol. The predicted molar refractivity (Wildman–Crippen MR) is 127 cm³/mol. The minimum absolute atomic E-state index is 0. The van der Waals surface area contributed by atoms with Gasteiger partial charge in [0.15, 0.2) is 5.78 Å². The summed E-state index contributed by atoms with van der Waals surface area (Å²) in [6.45, 7) is 3.37. The number of hydrogen-bond donors (Lipinski definition) is 1. The molecule has 3 aromatic rings. The van der Waals surface area contributed by atoms with E-state index in [1.165, 1.54) is 23.5 Å². The maximum atomic E-state index is 12.8. The number of hydrogen-bond acceptors (Lipinski definition) is 7. The maximum Gasteiger partial charge on any atom is 1.00 e. The van der Waals surface area contributed by atoms with Crippen LogP contribution in [-0.2, 0) is 0 Å². The van der Waals surface area contributed by atoms with Crippen LogP contribution in [0.1, 0.15) is 45.2 Å². The van der Waals surface area contributed by atoms with Gasteiger partial charge in [-0.25, -0.2) is 5.43 Å². The molecule has 33 heavy (non-hydrogen) atoms. The summed E-state index contributed by atoms with van der Waals surface area (Å²) >= 11 is 14.2. The number of rotatable bonds is 7. The summed E-state index contributed by atoms with van der Waals surface area (Å²) in [5, 5.41) is 28.3. The Balaban J connectivity index is 0.00000385. The summed E-state index contributed by atoms with van der Waals surface area (Å²) in [6, 6.07) is 9.96. The molecule has 11 heteroatoms. The van der Waals surface area contributed by atoms with Crippen LogP contribution in [0.5, 0.6) is 5.75 Å². The monoisotopic (exact) mass is 543 g/mol. The van der Waals surface area contributed by atoms with E-state index in [9.17, 15) is 14.7 Å². The summed E-state index contributed by atoms with van der Waals surface area (Å²) in [6.07, 6.45) is 0.403. The Morgan fingerprint density at radius 3 is 2.55 bits per heavy atom. The average molecular weight is 545 g/mol. The number of halogens is 2. The number of nitriles is 1. The van der Waals surface area contributed by atoms with E-state index in [1.54, 1.807) is 37.4 Å². The zero-order valence-corrected chi connectivity index (χ0v) is 24.2. The second-order valence-corrected chi connectivity index (χ2v) is 9.47. The fourth-order valence-electron chi connectivity index (χ4n) is 2.78. The van der Waals surface area contributed by atoms with E-state index >= 15 is 0 Å². The van der Waals surface area contributed by atoms with E-state index in [1.807, 2.05) is 6.07 Å².